The van der Waals surface area contributed by atoms with Crippen molar-refractivity contribution in [1.29, 1.82) is 0 Å². The summed E-state index contributed by atoms with van der Waals surface area (Å²) < 4.78 is 11.2. The van der Waals surface area contributed by atoms with Gasteiger partial charge in [-0.1, -0.05) is 40.2 Å². The standard InChI is InChI=1S/C20H20BrNO4/c1-25-20(24)12-17(14-3-5-16(21)6-4-14)22-19(23)11-13-2-7-18-15(10-13)8-9-26-18/h2-7,10,17H,8-9,11-12H2,1H3,(H,22,23). The van der Waals surface area contributed by atoms with Gasteiger partial charge in [-0.3, -0.25) is 9.59 Å². The van der Waals surface area contributed by atoms with Gasteiger partial charge in [0.1, 0.15) is 5.75 Å². The monoisotopic (exact) mass is 417 g/mol. The summed E-state index contributed by atoms with van der Waals surface area (Å²) in [6.07, 6.45) is 1.21. The second-order valence-electron chi connectivity index (χ2n) is 6.17. The first-order valence-corrected chi connectivity index (χ1v) is 9.20. The van der Waals surface area contributed by atoms with Gasteiger partial charge in [-0.25, -0.2) is 0 Å². The summed E-state index contributed by atoms with van der Waals surface area (Å²) in [5.74, 6) is 0.390. The lowest BCUT2D eigenvalue weighted by molar-refractivity contribution is -0.141. The third-order valence-electron chi connectivity index (χ3n) is 4.32. The van der Waals surface area contributed by atoms with Crippen molar-refractivity contribution in [3.8, 4) is 5.75 Å². The normalized spacial score (nSPS) is 13.5. The number of esters is 1. The molecule has 1 atom stereocenters. The molecule has 136 valence electrons. The Morgan fingerprint density at radius 3 is 2.73 bits per heavy atom. The minimum atomic E-state index is -0.430. The minimum Gasteiger partial charge on any atom is -0.493 e. The molecule has 2 aromatic rings. The average Bonchev–Trinajstić information content (AvgIpc) is 3.09. The number of carbonyl (C=O) groups is 2. The van der Waals surface area contributed by atoms with Gasteiger partial charge in [0.25, 0.3) is 0 Å². The zero-order valence-corrected chi connectivity index (χ0v) is 16.0. The number of methoxy groups -OCH3 is 1. The number of hydrogen-bond acceptors (Lipinski definition) is 4. The third kappa shape index (κ3) is 4.64. The molecule has 1 unspecified atom stereocenters. The Balaban J connectivity index is 1.70. The summed E-state index contributed by atoms with van der Waals surface area (Å²) in [5, 5.41) is 2.95. The summed E-state index contributed by atoms with van der Waals surface area (Å²) in [7, 11) is 1.34. The van der Waals surface area contributed by atoms with Crippen molar-refractivity contribution >= 4 is 27.8 Å². The highest BCUT2D eigenvalue weighted by atomic mass is 79.9. The van der Waals surface area contributed by atoms with E-state index in [2.05, 4.69) is 21.2 Å². The van der Waals surface area contributed by atoms with E-state index in [0.29, 0.717) is 6.61 Å². The Labute approximate surface area is 160 Å². The van der Waals surface area contributed by atoms with E-state index >= 15 is 0 Å². The first-order chi connectivity index (χ1) is 12.5. The highest BCUT2D eigenvalue weighted by Crippen LogP contribution is 2.26. The Morgan fingerprint density at radius 1 is 1.23 bits per heavy atom. The van der Waals surface area contributed by atoms with Gasteiger partial charge in [-0.15, -0.1) is 0 Å². The molecule has 0 fully saturated rings. The lowest BCUT2D eigenvalue weighted by atomic mass is 10.0. The number of halogens is 1. The van der Waals surface area contributed by atoms with Crippen molar-refractivity contribution in [2.24, 2.45) is 0 Å². The third-order valence-corrected chi connectivity index (χ3v) is 4.85. The first kappa shape index (κ1) is 18.5. The second-order valence-corrected chi connectivity index (χ2v) is 7.08. The van der Waals surface area contributed by atoms with Crippen LogP contribution in [0.5, 0.6) is 5.75 Å². The molecule has 0 bridgehead atoms. The predicted molar refractivity (Wildman–Crippen MR) is 101 cm³/mol. The summed E-state index contributed by atoms with van der Waals surface area (Å²) >= 11 is 3.39. The smallest absolute Gasteiger partial charge is 0.307 e. The average molecular weight is 418 g/mol. The Morgan fingerprint density at radius 2 is 2.00 bits per heavy atom. The predicted octanol–water partition coefficient (Wildman–Crippen LogP) is 3.35. The molecule has 1 N–H and O–H groups in total. The molecule has 0 saturated carbocycles. The Hall–Kier alpha value is -2.34. The van der Waals surface area contributed by atoms with E-state index in [4.69, 9.17) is 9.47 Å². The van der Waals surface area contributed by atoms with Gasteiger partial charge < -0.3 is 14.8 Å². The first-order valence-electron chi connectivity index (χ1n) is 8.41. The number of amides is 1. The summed E-state index contributed by atoms with van der Waals surface area (Å²) in [6, 6.07) is 12.9. The van der Waals surface area contributed by atoms with Crippen molar-refractivity contribution in [3.63, 3.8) is 0 Å². The van der Waals surface area contributed by atoms with E-state index in [0.717, 1.165) is 33.3 Å². The van der Waals surface area contributed by atoms with Crippen LogP contribution in [0.2, 0.25) is 0 Å². The lowest BCUT2D eigenvalue weighted by Gasteiger charge is -2.18. The topological polar surface area (TPSA) is 64.6 Å². The van der Waals surface area contributed by atoms with Crippen LogP contribution in [0.4, 0.5) is 0 Å². The van der Waals surface area contributed by atoms with Crippen LogP contribution in [0, 0.1) is 0 Å². The molecule has 5 nitrogen and oxygen atoms in total. The quantitative estimate of drug-likeness (QED) is 0.731. The van der Waals surface area contributed by atoms with Crippen molar-refractivity contribution in [2.45, 2.75) is 25.3 Å². The van der Waals surface area contributed by atoms with E-state index in [1.54, 1.807) is 0 Å². The lowest BCUT2D eigenvalue weighted by Crippen LogP contribution is -2.31. The van der Waals surface area contributed by atoms with E-state index < -0.39 is 6.04 Å². The molecule has 1 aliphatic rings. The number of hydrogen-bond donors (Lipinski definition) is 1. The highest BCUT2D eigenvalue weighted by Gasteiger charge is 2.20. The summed E-state index contributed by atoms with van der Waals surface area (Å²) in [6.45, 7) is 0.690. The van der Waals surface area contributed by atoms with E-state index in [-0.39, 0.29) is 24.7 Å². The fourth-order valence-electron chi connectivity index (χ4n) is 2.98. The Bertz CT molecular complexity index is 804. The molecule has 0 spiro atoms. The van der Waals surface area contributed by atoms with Gasteiger partial charge >= 0.3 is 5.97 Å². The van der Waals surface area contributed by atoms with Gasteiger partial charge in [0.2, 0.25) is 5.91 Å². The van der Waals surface area contributed by atoms with Gasteiger partial charge in [0.15, 0.2) is 0 Å². The number of nitrogens with one attached hydrogen (secondary N) is 1. The summed E-state index contributed by atoms with van der Waals surface area (Å²) in [5.41, 5.74) is 2.92. The highest BCUT2D eigenvalue weighted by molar-refractivity contribution is 9.10. The maximum absolute atomic E-state index is 12.5. The molecule has 3 rings (SSSR count). The zero-order valence-electron chi connectivity index (χ0n) is 14.5. The van der Waals surface area contributed by atoms with Crippen LogP contribution in [-0.4, -0.2) is 25.6 Å². The molecule has 26 heavy (non-hydrogen) atoms. The largest absolute Gasteiger partial charge is 0.493 e. The Kier molecular flexibility index (Phi) is 5.93. The van der Waals surface area contributed by atoms with Crippen LogP contribution in [-0.2, 0) is 27.2 Å². The maximum Gasteiger partial charge on any atom is 0.307 e. The number of benzene rings is 2. The molecule has 2 aromatic carbocycles. The van der Waals surface area contributed by atoms with Crippen LogP contribution in [0.3, 0.4) is 0 Å². The molecule has 0 radical (unpaired) electrons. The zero-order chi connectivity index (χ0) is 18.5. The fraction of sp³-hybridized carbons (Fsp3) is 0.300. The molecule has 6 heteroatoms. The van der Waals surface area contributed by atoms with E-state index in [1.807, 2.05) is 42.5 Å². The molecule has 1 heterocycles. The molecule has 1 amide bonds. The summed E-state index contributed by atoms with van der Waals surface area (Å²) in [4.78, 5) is 24.3. The number of carbonyl (C=O) groups excluding carboxylic acids is 2. The maximum atomic E-state index is 12.5. The van der Waals surface area contributed by atoms with Gasteiger partial charge in [0, 0.05) is 10.9 Å². The van der Waals surface area contributed by atoms with Crippen LogP contribution < -0.4 is 10.1 Å². The molecule has 0 aromatic heterocycles. The van der Waals surface area contributed by atoms with E-state index in [9.17, 15) is 9.59 Å². The van der Waals surface area contributed by atoms with Crippen molar-refractivity contribution in [3.05, 3.63) is 63.6 Å². The van der Waals surface area contributed by atoms with Crippen molar-refractivity contribution < 1.29 is 19.1 Å². The van der Waals surface area contributed by atoms with Crippen molar-refractivity contribution in [2.75, 3.05) is 13.7 Å². The van der Waals surface area contributed by atoms with Gasteiger partial charge in [0.05, 0.1) is 32.6 Å². The fourth-order valence-corrected chi connectivity index (χ4v) is 3.24. The van der Waals surface area contributed by atoms with E-state index in [1.165, 1.54) is 7.11 Å². The molecule has 0 saturated heterocycles. The SMILES string of the molecule is COC(=O)CC(NC(=O)Cc1ccc2c(c1)CCO2)c1ccc(Br)cc1. The van der Waals surface area contributed by atoms with Crippen molar-refractivity contribution in [1.82, 2.24) is 5.32 Å². The second kappa shape index (κ2) is 8.36. The van der Waals surface area contributed by atoms with Crippen LogP contribution in [0.15, 0.2) is 46.9 Å². The number of ether oxygens (including phenoxy) is 2. The van der Waals surface area contributed by atoms with Gasteiger partial charge in [-0.05, 0) is 34.9 Å². The molecule has 0 aliphatic carbocycles. The van der Waals surface area contributed by atoms with Crippen LogP contribution in [0.25, 0.3) is 0 Å². The minimum absolute atomic E-state index is 0.0852. The van der Waals surface area contributed by atoms with Crippen LogP contribution in [0.1, 0.15) is 29.2 Å². The molecular formula is C20H20BrNO4. The van der Waals surface area contributed by atoms with Crippen LogP contribution >= 0.6 is 15.9 Å². The van der Waals surface area contributed by atoms with Gasteiger partial charge in [-0.2, -0.15) is 0 Å². The molecular weight excluding hydrogens is 398 g/mol. The number of fused-ring (bicyclic) bond motifs is 1. The molecule has 1 aliphatic heterocycles. The number of rotatable bonds is 6.